The van der Waals surface area contributed by atoms with Gasteiger partial charge in [0.1, 0.15) is 0 Å². The van der Waals surface area contributed by atoms with Crippen molar-refractivity contribution >= 4 is 11.3 Å². The molecule has 0 saturated heterocycles. The molecule has 0 spiro atoms. The lowest BCUT2D eigenvalue weighted by Gasteiger charge is -2.19. The maximum atomic E-state index is 5.62. The third-order valence-electron chi connectivity index (χ3n) is 2.09. The van der Waals surface area contributed by atoms with Gasteiger partial charge in [0.25, 0.3) is 0 Å². The summed E-state index contributed by atoms with van der Waals surface area (Å²) >= 11 is 1.76. The average Bonchev–Trinajstić information content (AvgIpc) is 2.49. The zero-order valence-electron chi connectivity index (χ0n) is 10.1. The normalized spacial score (nSPS) is 12.0. The molecular weight excluding hydrogens is 206 g/mol. The van der Waals surface area contributed by atoms with E-state index in [4.69, 9.17) is 4.74 Å². The minimum Gasteiger partial charge on any atom is -0.375 e. The summed E-state index contributed by atoms with van der Waals surface area (Å²) in [7, 11) is 0. The van der Waals surface area contributed by atoms with Crippen molar-refractivity contribution in [1.82, 2.24) is 5.32 Å². The van der Waals surface area contributed by atoms with E-state index in [0.29, 0.717) is 0 Å². The van der Waals surface area contributed by atoms with E-state index >= 15 is 0 Å². The van der Waals surface area contributed by atoms with Crippen LogP contribution in [0.5, 0.6) is 0 Å². The van der Waals surface area contributed by atoms with Gasteiger partial charge in [0, 0.05) is 13.1 Å². The topological polar surface area (TPSA) is 21.3 Å². The zero-order chi connectivity index (χ0) is 11.3. The predicted octanol–water partition coefficient (Wildman–Crippen LogP) is 2.96. The standard InChI is InChI=1S/C12H21NOS/c1-10-8-15-9-11(10)7-13-5-6-14-12(2,3)4/h8-9,13H,5-7H2,1-4H3. The van der Waals surface area contributed by atoms with Crippen LogP contribution in [0.15, 0.2) is 10.8 Å². The molecule has 1 aromatic rings. The van der Waals surface area contributed by atoms with Gasteiger partial charge in [-0.25, -0.2) is 0 Å². The van der Waals surface area contributed by atoms with Gasteiger partial charge in [-0.2, -0.15) is 11.3 Å². The molecule has 0 amide bonds. The summed E-state index contributed by atoms with van der Waals surface area (Å²) in [6.07, 6.45) is 0. The third-order valence-corrected chi connectivity index (χ3v) is 3.00. The lowest BCUT2D eigenvalue weighted by molar-refractivity contribution is -0.000887. The molecule has 15 heavy (non-hydrogen) atoms. The number of ether oxygens (including phenoxy) is 1. The Morgan fingerprint density at radius 1 is 1.33 bits per heavy atom. The van der Waals surface area contributed by atoms with E-state index in [-0.39, 0.29) is 5.60 Å². The maximum absolute atomic E-state index is 5.62. The first-order valence-corrected chi connectivity index (χ1v) is 6.30. The van der Waals surface area contributed by atoms with Gasteiger partial charge in [-0.1, -0.05) is 0 Å². The molecule has 0 atom stereocenters. The predicted molar refractivity (Wildman–Crippen MR) is 66.5 cm³/mol. The SMILES string of the molecule is Cc1cscc1CNCCOC(C)(C)C. The minimum absolute atomic E-state index is 0.0278. The molecule has 0 aromatic carbocycles. The van der Waals surface area contributed by atoms with E-state index in [0.717, 1.165) is 19.7 Å². The molecule has 0 aliphatic carbocycles. The molecule has 2 nitrogen and oxygen atoms in total. The lowest BCUT2D eigenvalue weighted by atomic mass is 10.2. The first-order chi connectivity index (χ1) is 6.99. The molecule has 0 aliphatic heterocycles. The molecule has 0 fully saturated rings. The molecule has 1 rings (SSSR count). The summed E-state index contributed by atoms with van der Waals surface area (Å²) in [6.45, 7) is 11.0. The smallest absolute Gasteiger partial charge is 0.0599 e. The van der Waals surface area contributed by atoms with Crippen LogP contribution in [0.4, 0.5) is 0 Å². The minimum atomic E-state index is -0.0278. The molecule has 0 aliphatic rings. The van der Waals surface area contributed by atoms with Crippen molar-refractivity contribution in [3.05, 3.63) is 21.9 Å². The summed E-state index contributed by atoms with van der Waals surface area (Å²) in [4.78, 5) is 0. The van der Waals surface area contributed by atoms with E-state index in [1.54, 1.807) is 11.3 Å². The Morgan fingerprint density at radius 2 is 2.07 bits per heavy atom. The van der Waals surface area contributed by atoms with Crippen LogP contribution < -0.4 is 5.32 Å². The quantitative estimate of drug-likeness (QED) is 0.781. The van der Waals surface area contributed by atoms with E-state index in [1.807, 2.05) is 0 Å². The van der Waals surface area contributed by atoms with Crippen molar-refractivity contribution < 1.29 is 4.74 Å². The van der Waals surface area contributed by atoms with Crippen molar-refractivity contribution in [2.24, 2.45) is 0 Å². The Morgan fingerprint density at radius 3 is 2.60 bits per heavy atom. The van der Waals surface area contributed by atoms with Crippen LogP contribution in [0.25, 0.3) is 0 Å². The van der Waals surface area contributed by atoms with Crippen molar-refractivity contribution in [1.29, 1.82) is 0 Å². The number of aryl methyl sites for hydroxylation is 1. The second-order valence-electron chi connectivity index (χ2n) is 4.72. The Balaban J connectivity index is 2.10. The fourth-order valence-corrected chi connectivity index (χ4v) is 2.08. The lowest BCUT2D eigenvalue weighted by Crippen LogP contribution is -2.26. The fraction of sp³-hybridized carbons (Fsp3) is 0.667. The van der Waals surface area contributed by atoms with Crippen LogP contribution in [0.2, 0.25) is 0 Å². The maximum Gasteiger partial charge on any atom is 0.0599 e. The van der Waals surface area contributed by atoms with Crippen LogP contribution in [0.3, 0.4) is 0 Å². The first-order valence-electron chi connectivity index (χ1n) is 5.35. The molecule has 0 saturated carbocycles. The van der Waals surface area contributed by atoms with E-state index in [2.05, 4.69) is 43.8 Å². The van der Waals surface area contributed by atoms with Crippen molar-refractivity contribution in [3.8, 4) is 0 Å². The molecule has 1 N–H and O–H groups in total. The molecule has 0 bridgehead atoms. The van der Waals surface area contributed by atoms with Crippen LogP contribution in [-0.2, 0) is 11.3 Å². The highest BCUT2D eigenvalue weighted by Crippen LogP contribution is 2.12. The van der Waals surface area contributed by atoms with E-state index < -0.39 is 0 Å². The monoisotopic (exact) mass is 227 g/mol. The van der Waals surface area contributed by atoms with Gasteiger partial charge in [0.15, 0.2) is 0 Å². The van der Waals surface area contributed by atoms with Crippen LogP contribution in [0, 0.1) is 6.92 Å². The van der Waals surface area contributed by atoms with Gasteiger partial charge >= 0.3 is 0 Å². The molecule has 0 unspecified atom stereocenters. The van der Waals surface area contributed by atoms with Gasteiger partial charge < -0.3 is 10.1 Å². The van der Waals surface area contributed by atoms with Gasteiger partial charge in [-0.15, -0.1) is 0 Å². The van der Waals surface area contributed by atoms with Gasteiger partial charge in [-0.3, -0.25) is 0 Å². The van der Waals surface area contributed by atoms with Crippen LogP contribution in [0.1, 0.15) is 31.9 Å². The summed E-state index contributed by atoms with van der Waals surface area (Å²) in [5, 5.41) is 7.77. The molecule has 0 radical (unpaired) electrons. The Hall–Kier alpha value is -0.380. The molecule has 1 heterocycles. The van der Waals surface area contributed by atoms with Crippen LogP contribution in [-0.4, -0.2) is 18.8 Å². The molecule has 3 heteroatoms. The highest BCUT2D eigenvalue weighted by atomic mass is 32.1. The largest absolute Gasteiger partial charge is 0.375 e. The zero-order valence-corrected chi connectivity index (χ0v) is 10.9. The number of hydrogen-bond acceptors (Lipinski definition) is 3. The highest BCUT2D eigenvalue weighted by Gasteiger charge is 2.08. The third kappa shape index (κ3) is 5.30. The summed E-state index contributed by atoms with van der Waals surface area (Å²) in [6, 6.07) is 0. The Kier molecular flexibility index (Phi) is 4.77. The Labute approximate surface area is 96.7 Å². The second-order valence-corrected chi connectivity index (χ2v) is 5.46. The van der Waals surface area contributed by atoms with Crippen molar-refractivity contribution in [3.63, 3.8) is 0 Å². The summed E-state index contributed by atoms with van der Waals surface area (Å²) < 4.78 is 5.62. The van der Waals surface area contributed by atoms with Gasteiger partial charge in [-0.05, 0) is 49.6 Å². The summed E-state index contributed by atoms with van der Waals surface area (Å²) in [5.41, 5.74) is 2.75. The van der Waals surface area contributed by atoms with Gasteiger partial charge in [0.2, 0.25) is 0 Å². The average molecular weight is 227 g/mol. The second kappa shape index (κ2) is 5.64. The number of hydrogen-bond donors (Lipinski definition) is 1. The van der Waals surface area contributed by atoms with Crippen LogP contribution >= 0.6 is 11.3 Å². The Bertz CT molecular complexity index is 288. The van der Waals surface area contributed by atoms with E-state index in [1.165, 1.54) is 11.1 Å². The molecule has 86 valence electrons. The molecule has 1 aromatic heterocycles. The molecular formula is C12H21NOS. The van der Waals surface area contributed by atoms with Crippen molar-refractivity contribution in [2.45, 2.75) is 39.8 Å². The number of rotatable bonds is 5. The van der Waals surface area contributed by atoms with E-state index in [9.17, 15) is 0 Å². The highest BCUT2D eigenvalue weighted by molar-refractivity contribution is 7.08. The first kappa shape index (κ1) is 12.7. The number of nitrogens with one attached hydrogen (secondary N) is 1. The van der Waals surface area contributed by atoms with Crippen molar-refractivity contribution in [2.75, 3.05) is 13.2 Å². The summed E-state index contributed by atoms with van der Waals surface area (Å²) in [5.74, 6) is 0. The fourth-order valence-electron chi connectivity index (χ4n) is 1.22. The van der Waals surface area contributed by atoms with Gasteiger partial charge in [0.05, 0.1) is 12.2 Å². The number of thiophene rings is 1.